The molecule has 17 heavy (non-hydrogen) atoms. The quantitative estimate of drug-likeness (QED) is 0.838. The third-order valence-corrected chi connectivity index (χ3v) is 4.19. The maximum absolute atomic E-state index is 5.93. The summed E-state index contributed by atoms with van der Waals surface area (Å²) in [5.41, 5.74) is 1.08. The number of rotatable bonds is 5. The van der Waals surface area contributed by atoms with Gasteiger partial charge in [0.15, 0.2) is 0 Å². The molecule has 1 aromatic carbocycles. The second-order valence-corrected chi connectivity index (χ2v) is 5.88. The molecule has 0 aliphatic heterocycles. The summed E-state index contributed by atoms with van der Waals surface area (Å²) >= 11 is 7.67. The average Bonchev–Trinajstić information content (AvgIpc) is 2.71. The van der Waals surface area contributed by atoms with E-state index in [2.05, 4.69) is 36.3 Å². The average molecular weight is 269 g/mol. The van der Waals surface area contributed by atoms with Gasteiger partial charge in [-0.25, -0.2) is 4.98 Å². The van der Waals surface area contributed by atoms with Gasteiger partial charge in [-0.1, -0.05) is 26.0 Å². The number of hydrogen-bond acceptors (Lipinski definition) is 3. The van der Waals surface area contributed by atoms with E-state index in [4.69, 9.17) is 11.6 Å². The van der Waals surface area contributed by atoms with E-state index < -0.39 is 0 Å². The summed E-state index contributed by atoms with van der Waals surface area (Å²) in [7, 11) is 0. The normalized spacial score (nSPS) is 13.4. The topological polar surface area (TPSA) is 24.9 Å². The van der Waals surface area contributed by atoms with Crippen LogP contribution in [-0.2, 0) is 6.54 Å². The molecule has 2 nitrogen and oxygen atoms in total. The Labute approximate surface area is 111 Å². The van der Waals surface area contributed by atoms with E-state index in [1.54, 1.807) is 11.3 Å². The van der Waals surface area contributed by atoms with Gasteiger partial charge in [-0.3, -0.25) is 0 Å². The summed E-state index contributed by atoms with van der Waals surface area (Å²) in [5.74, 6) is 1.18. The van der Waals surface area contributed by atoms with E-state index in [0.717, 1.165) is 17.1 Å². The Morgan fingerprint density at radius 3 is 2.76 bits per heavy atom. The van der Waals surface area contributed by atoms with Crippen LogP contribution in [0.1, 0.15) is 18.9 Å². The maximum atomic E-state index is 5.93. The molecule has 0 spiro atoms. The van der Waals surface area contributed by atoms with Gasteiger partial charge in [0.05, 0.1) is 10.2 Å². The van der Waals surface area contributed by atoms with Crippen LogP contribution in [-0.4, -0.2) is 16.9 Å². The summed E-state index contributed by atoms with van der Waals surface area (Å²) in [6.07, 6.45) is 0. The molecule has 1 atom stereocenters. The van der Waals surface area contributed by atoms with Crippen LogP contribution in [0.4, 0.5) is 0 Å². The third kappa shape index (κ3) is 3.18. The van der Waals surface area contributed by atoms with Crippen LogP contribution in [0.25, 0.3) is 10.2 Å². The van der Waals surface area contributed by atoms with Crippen molar-refractivity contribution in [1.29, 1.82) is 0 Å². The first-order valence-corrected chi connectivity index (χ1v) is 7.19. The predicted molar refractivity (Wildman–Crippen MR) is 75.8 cm³/mol. The largest absolute Gasteiger partial charge is 0.306 e. The molecule has 0 aliphatic rings. The van der Waals surface area contributed by atoms with Crippen LogP contribution < -0.4 is 5.32 Å². The molecular formula is C13H17ClN2S. The van der Waals surface area contributed by atoms with Crippen molar-refractivity contribution in [3.63, 3.8) is 0 Å². The van der Waals surface area contributed by atoms with Gasteiger partial charge in [-0.2, -0.15) is 0 Å². The van der Waals surface area contributed by atoms with Crippen LogP contribution in [0.15, 0.2) is 24.3 Å². The van der Waals surface area contributed by atoms with Crippen molar-refractivity contribution < 1.29 is 0 Å². The highest BCUT2D eigenvalue weighted by Crippen LogP contribution is 2.21. The highest BCUT2D eigenvalue weighted by molar-refractivity contribution is 7.18. The summed E-state index contributed by atoms with van der Waals surface area (Å²) in [4.78, 5) is 4.59. The molecule has 92 valence electrons. The fraction of sp³-hybridized carbons (Fsp3) is 0.462. The molecule has 0 saturated heterocycles. The van der Waals surface area contributed by atoms with Crippen molar-refractivity contribution >= 4 is 33.2 Å². The number of para-hydroxylation sites is 1. The molecule has 1 aromatic heterocycles. The van der Waals surface area contributed by atoms with Crippen LogP contribution >= 0.6 is 22.9 Å². The molecule has 0 fully saturated rings. The Bertz CT molecular complexity index is 448. The SMILES string of the molecule is CC(C)C(CCl)NCc1nc2ccccc2s1. The molecule has 0 aliphatic carbocycles. The van der Waals surface area contributed by atoms with E-state index in [0.29, 0.717) is 17.8 Å². The fourth-order valence-electron chi connectivity index (χ4n) is 1.68. The van der Waals surface area contributed by atoms with Crippen LogP contribution in [0.2, 0.25) is 0 Å². The molecular weight excluding hydrogens is 252 g/mol. The number of benzene rings is 1. The lowest BCUT2D eigenvalue weighted by Gasteiger charge is -2.18. The zero-order valence-electron chi connectivity index (χ0n) is 10.1. The van der Waals surface area contributed by atoms with E-state index in [-0.39, 0.29) is 0 Å². The van der Waals surface area contributed by atoms with Gasteiger partial charge in [0.1, 0.15) is 5.01 Å². The van der Waals surface area contributed by atoms with E-state index >= 15 is 0 Å². The van der Waals surface area contributed by atoms with Crippen molar-refractivity contribution in [3.8, 4) is 0 Å². The zero-order valence-corrected chi connectivity index (χ0v) is 11.7. The standard InChI is InChI=1S/C13H17ClN2S/c1-9(2)11(7-14)15-8-13-16-10-5-3-4-6-12(10)17-13/h3-6,9,11,15H,7-8H2,1-2H3. The second kappa shape index (κ2) is 5.80. The number of alkyl halides is 1. The second-order valence-electron chi connectivity index (χ2n) is 4.46. The Hall–Kier alpha value is -0.640. The number of nitrogens with one attached hydrogen (secondary N) is 1. The number of nitrogens with zero attached hydrogens (tertiary/aromatic N) is 1. The predicted octanol–water partition coefficient (Wildman–Crippen LogP) is 3.65. The van der Waals surface area contributed by atoms with Crippen LogP contribution in [0.3, 0.4) is 0 Å². The first-order valence-electron chi connectivity index (χ1n) is 5.84. The van der Waals surface area contributed by atoms with Gasteiger partial charge in [0.2, 0.25) is 0 Å². The Morgan fingerprint density at radius 2 is 2.12 bits per heavy atom. The van der Waals surface area contributed by atoms with E-state index in [1.165, 1.54) is 4.70 Å². The van der Waals surface area contributed by atoms with Crippen LogP contribution in [0.5, 0.6) is 0 Å². The molecule has 0 saturated carbocycles. The number of thiazole rings is 1. The molecule has 1 unspecified atom stereocenters. The van der Waals surface area contributed by atoms with Crippen molar-refractivity contribution in [2.75, 3.05) is 5.88 Å². The molecule has 0 bridgehead atoms. The fourth-order valence-corrected chi connectivity index (χ4v) is 3.07. The minimum atomic E-state index is 0.351. The van der Waals surface area contributed by atoms with E-state index in [1.807, 2.05) is 12.1 Å². The molecule has 2 aromatic rings. The van der Waals surface area contributed by atoms with Gasteiger partial charge in [-0.15, -0.1) is 22.9 Å². The molecule has 4 heteroatoms. The van der Waals surface area contributed by atoms with Crippen molar-refractivity contribution in [2.45, 2.75) is 26.4 Å². The summed E-state index contributed by atoms with van der Waals surface area (Å²) < 4.78 is 1.25. The monoisotopic (exact) mass is 268 g/mol. The Balaban J connectivity index is 2.03. The van der Waals surface area contributed by atoms with Crippen molar-refractivity contribution in [3.05, 3.63) is 29.3 Å². The van der Waals surface area contributed by atoms with Gasteiger partial charge < -0.3 is 5.32 Å². The highest BCUT2D eigenvalue weighted by Gasteiger charge is 2.12. The van der Waals surface area contributed by atoms with Crippen molar-refractivity contribution in [2.24, 2.45) is 5.92 Å². The first-order chi connectivity index (χ1) is 8.20. The third-order valence-electron chi connectivity index (χ3n) is 2.82. The summed E-state index contributed by atoms with van der Waals surface area (Å²) in [6.45, 7) is 5.16. The van der Waals surface area contributed by atoms with E-state index in [9.17, 15) is 0 Å². The smallest absolute Gasteiger partial charge is 0.108 e. The Morgan fingerprint density at radius 1 is 1.35 bits per heavy atom. The lowest BCUT2D eigenvalue weighted by atomic mass is 10.1. The van der Waals surface area contributed by atoms with Gasteiger partial charge in [0.25, 0.3) is 0 Å². The lowest BCUT2D eigenvalue weighted by Crippen LogP contribution is -2.34. The zero-order chi connectivity index (χ0) is 12.3. The highest BCUT2D eigenvalue weighted by atomic mass is 35.5. The first kappa shape index (κ1) is 12.8. The number of fused-ring (bicyclic) bond motifs is 1. The maximum Gasteiger partial charge on any atom is 0.108 e. The molecule has 0 amide bonds. The molecule has 1 heterocycles. The summed E-state index contributed by atoms with van der Waals surface area (Å²) in [6, 6.07) is 8.58. The van der Waals surface area contributed by atoms with Gasteiger partial charge in [-0.05, 0) is 18.1 Å². The number of aromatic nitrogens is 1. The number of halogens is 1. The van der Waals surface area contributed by atoms with Crippen LogP contribution in [0, 0.1) is 5.92 Å². The summed E-state index contributed by atoms with van der Waals surface area (Å²) in [5, 5.41) is 4.59. The Kier molecular flexibility index (Phi) is 4.37. The minimum absolute atomic E-state index is 0.351. The number of hydrogen-bond donors (Lipinski definition) is 1. The molecule has 1 N–H and O–H groups in total. The molecule has 0 radical (unpaired) electrons. The lowest BCUT2D eigenvalue weighted by molar-refractivity contribution is 0.430. The van der Waals surface area contributed by atoms with Gasteiger partial charge >= 0.3 is 0 Å². The van der Waals surface area contributed by atoms with Gasteiger partial charge in [0, 0.05) is 18.5 Å². The minimum Gasteiger partial charge on any atom is -0.306 e. The van der Waals surface area contributed by atoms with Crippen molar-refractivity contribution in [1.82, 2.24) is 10.3 Å². The molecule has 2 rings (SSSR count).